The minimum absolute atomic E-state index is 0.179. The lowest BCUT2D eigenvalue weighted by Gasteiger charge is -2.31. The van der Waals surface area contributed by atoms with Gasteiger partial charge in [0.15, 0.2) is 5.82 Å². The summed E-state index contributed by atoms with van der Waals surface area (Å²) in [5, 5.41) is 13.2. The number of hydrogen-bond donors (Lipinski definition) is 2. The lowest BCUT2D eigenvalue weighted by Crippen LogP contribution is -2.34. The number of aromatic nitrogens is 4. The molecule has 6 heteroatoms. The van der Waals surface area contributed by atoms with E-state index in [2.05, 4.69) is 31.3 Å². The third-order valence-electron chi connectivity index (χ3n) is 4.02. The maximum atomic E-state index is 8.83. The minimum atomic E-state index is 0.179. The fraction of sp³-hybridized carbons (Fsp3) is 0.250. The molecule has 1 aliphatic rings. The third kappa shape index (κ3) is 2.17. The largest absolute Gasteiger partial charge is 0.367 e. The van der Waals surface area contributed by atoms with Crippen molar-refractivity contribution in [1.82, 2.24) is 19.9 Å². The predicted molar refractivity (Wildman–Crippen MR) is 82.9 cm³/mol. The van der Waals surface area contributed by atoms with Gasteiger partial charge in [0.2, 0.25) is 0 Å². The second-order valence-corrected chi connectivity index (χ2v) is 5.51. The van der Waals surface area contributed by atoms with E-state index in [9.17, 15) is 0 Å². The molecule has 0 amide bonds. The smallest absolute Gasteiger partial charge is 0.163 e. The lowest BCUT2D eigenvalue weighted by molar-refractivity contribution is 0.353. The number of fused-ring (bicyclic) bond motifs is 1. The third-order valence-corrected chi connectivity index (χ3v) is 4.02. The molecular formula is C16H14N6. The van der Waals surface area contributed by atoms with Crippen LogP contribution in [0.4, 0.5) is 5.82 Å². The summed E-state index contributed by atoms with van der Waals surface area (Å²) >= 11 is 0. The van der Waals surface area contributed by atoms with Crippen molar-refractivity contribution in [2.45, 2.75) is 18.9 Å². The quantitative estimate of drug-likeness (QED) is 0.774. The predicted octanol–water partition coefficient (Wildman–Crippen LogP) is 2.73. The number of nitrogens with zero attached hydrogens (tertiary/aromatic N) is 4. The number of pyridine rings is 1. The minimum Gasteiger partial charge on any atom is -0.367 e. The Morgan fingerprint density at radius 1 is 1.23 bits per heavy atom. The van der Waals surface area contributed by atoms with E-state index in [1.165, 1.54) is 0 Å². The molecule has 6 nitrogen and oxygen atoms in total. The molecule has 0 spiro atoms. The van der Waals surface area contributed by atoms with Gasteiger partial charge in [-0.05, 0) is 31.0 Å². The molecule has 0 aliphatic heterocycles. The van der Waals surface area contributed by atoms with Crippen molar-refractivity contribution in [2.24, 2.45) is 5.92 Å². The number of H-pyrrole nitrogens is 1. The van der Waals surface area contributed by atoms with Crippen molar-refractivity contribution in [3.05, 3.63) is 36.8 Å². The molecule has 3 heterocycles. The summed E-state index contributed by atoms with van der Waals surface area (Å²) in [5.41, 5.74) is 1.77. The molecule has 3 aromatic rings. The molecular weight excluding hydrogens is 276 g/mol. The van der Waals surface area contributed by atoms with Crippen molar-refractivity contribution >= 4 is 16.9 Å². The first-order chi connectivity index (χ1) is 10.8. The standard InChI is InChI=1S/C16H14N6/c17-8-10-6-11(7-10)21-14-3-5-19-16(22-14)13-9-20-15-12(13)2-1-4-18-15/h1-5,9-11H,6-7H2,(H,18,20)(H,19,21,22). The number of aromatic amines is 1. The van der Waals surface area contributed by atoms with Gasteiger partial charge in [-0.15, -0.1) is 0 Å². The van der Waals surface area contributed by atoms with Crippen molar-refractivity contribution in [2.75, 3.05) is 5.32 Å². The molecule has 108 valence electrons. The monoisotopic (exact) mass is 290 g/mol. The van der Waals surface area contributed by atoms with Crippen LogP contribution in [0, 0.1) is 17.2 Å². The molecule has 1 saturated carbocycles. The van der Waals surface area contributed by atoms with Crippen LogP contribution in [0.2, 0.25) is 0 Å². The second-order valence-electron chi connectivity index (χ2n) is 5.51. The van der Waals surface area contributed by atoms with Crippen LogP contribution in [0.1, 0.15) is 12.8 Å². The maximum Gasteiger partial charge on any atom is 0.163 e. The molecule has 0 atom stereocenters. The van der Waals surface area contributed by atoms with Crippen LogP contribution in [0.25, 0.3) is 22.4 Å². The summed E-state index contributed by atoms with van der Waals surface area (Å²) in [6.45, 7) is 0. The molecule has 0 aromatic carbocycles. The molecule has 1 fully saturated rings. The molecule has 0 unspecified atom stereocenters. The molecule has 3 aromatic heterocycles. The van der Waals surface area contributed by atoms with Crippen molar-refractivity contribution < 1.29 is 0 Å². The highest BCUT2D eigenvalue weighted by Crippen LogP contribution is 2.30. The van der Waals surface area contributed by atoms with Crippen molar-refractivity contribution in [1.29, 1.82) is 5.26 Å². The van der Waals surface area contributed by atoms with Gasteiger partial charge in [0.25, 0.3) is 0 Å². The molecule has 0 bridgehead atoms. The summed E-state index contributed by atoms with van der Waals surface area (Å²) in [4.78, 5) is 16.4. The van der Waals surface area contributed by atoms with E-state index in [1.54, 1.807) is 12.4 Å². The van der Waals surface area contributed by atoms with Crippen LogP contribution in [0.5, 0.6) is 0 Å². The molecule has 22 heavy (non-hydrogen) atoms. The normalized spacial score (nSPS) is 20.3. The maximum absolute atomic E-state index is 8.83. The van der Waals surface area contributed by atoms with E-state index < -0.39 is 0 Å². The van der Waals surface area contributed by atoms with Crippen LogP contribution < -0.4 is 5.32 Å². The number of anilines is 1. The average Bonchev–Trinajstić information content (AvgIpc) is 2.95. The summed E-state index contributed by atoms with van der Waals surface area (Å²) in [6, 6.07) is 8.38. The Morgan fingerprint density at radius 2 is 2.14 bits per heavy atom. The number of hydrogen-bond acceptors (Lipinski definition) is 5. The summed E-state index contributed by atoms with van der Waals surface area (Å²) in [5.74, 6) is 1.64. The Labute approximate surface area is 127 Å². The summed E-state index contributed by atoms with van der Waals surface area (Å²) in [6.07, 6.45) is 7.15. The first-order valence-corrected chi connectivity index (χ1v) is 7.25. The van der Waals surface area contributed by atoms with Gasteiger partial charge in [-0.1, -0.05) is 0 Å². The highest BCUT2D eigenvalue weighted by molar-refractivity contribution is 5.91. The Kier molecular flexibility index (Phi) is 2.97. The van der Waals surface area contributed by atoms with E-state index in [4.69, 9.17) is 5.26 Å². The van der Waals surface area contributed by atoms with Gasteiger partial charge in [0.1, 0.15) is 11.5 Å². The lowest BCUT2D eigenvalue weighted by atomic mass is 9.81. The number of nitrogens with one attached hydrogen (secondary N) is 2. The molecule has 0 radical (unpaired) electrons. The number of rotatable bonds is 3. The van der Waals surface area contributed by atoms with Gasteiger partial charge in [0, 0.05) is 35.6 Å². The molecule has 4 rings (SSSR count). The SMILES string of the molecule is N#CC1CC(Nc2ccnc(-c3c[nH]c4ncccc34)n2)C1. The van der Waals surface area contributed by atoms with Crippen molar-refractivity contribution in [3.63, 3.8) is 0 Å². The Hall–Kier alpha value is -2.94. The van der Waals surface area contributed by atoms with Gasteiger partial charge in [-0.2, -0.15) is 5.26 Å². The Morgan fingerprint density at radius 3 is 3.00 bits per heavy atom. The van der Waals surface area contributed by atoms with Gasteiger partial charge in [0.05, 0.1) is 12.0 Å². The van der Waals surface area contributed by atoms with Crippen LogP contribution >= 0.6 is 0 Å². The van der Waals surface area contributed by atoms with E-state index in [0.29, 0.717) is 11.9 Å². The van der Waals surface area contributed by atoms with Crippen LogP contribution in [0.3, 0.4) is 0 Å². The summed E-state index contributed by atoms with van der Waals surface area (Å²) in [7, 11) is 0. The molecule has 1 aliphatic carbocycles. The van der Waals surface area contributed by atoms with E-state index in [1.807, 2.05) is 24.4 Å². The zero-order chi connectivity index (χ0) is 14.9. The van der Waals surface area contributed by atoms with Gasteiger partial charge >= 0.3 is 0 Å². The van der Waals surface area contributed by atoms with Crippen molar-refractivity contribution in [3.8, 4) is 17.5 Å². The van der Waals surface area contributed by atoms with Crippen LogP contribution in [0.15, 0.2) is 36.8 Å². The highest BCUT2D eigenvalue weighted by Gasteiger charge is 2.29. The second kappa shape index (κ2) is 5.11. The van der Waals surface area contributed by atoms with Gasteiger partial charge in [-0.25, -0.2) is 15.0 Å². The Bertz CT molecular complexity index is 856. The fourth-order valence-electron chi connectivity index (χ4n) is 2.76. The first-order valence-electron chi connectivity index (χ1n) is 7.25. The summed E-state index contributed by atoms with van der Waals surface area (Å²) < 4.78 is 0. The van der Waals surface area contributed by atoms with Gasteiger partial charge in [-0.3, -0.25) is 0 Å². The van der Waals surface area contributed by atoms with Gasteiger partial charge < -0.3 is 10.3 Å². The van der Waals surface area contributed by atoms with E-state index in [0.717, 1.165) is 35.3 Å². The molecule has 0 saturated heterocycles. The zero-order valence-electron chi connectivity index (χ0n) is 11.8. The zero-order valence-corrected chi connectivity index (χ0v) is 11.8. The fourth-order valence-corrected chi connectivity index (χ4v) is 2.76. The highest BCUT2D eigenvalue weighted by atomic mass is 15.1. The Balaban J connectivity index is 1.61. The average molecular weight is 290 g/mol. The topological polar surface area (TPSA) is 90.3 Å². The first kappa shape index (κ1) is 12.8. The van der Waals surface area contributed by atoms with E-state index >= 15 is 0 Å². The van der Waals surface area contributed by atoms with Crippen LogP contribution in [-0.2, 0) is 0 Å². The molecule has 2 N–H and O–H groups in total. The van der Waals surface area contributed by atoms with Crippen LogP contribution in [-0.4, -0.2) is 26.0 Å². The van der Waals surface area contributed by atoms with E-state index in [-0.39, 0.29) is 5.92 Å². The number of nitriles is 1.